The van der Waals surface area contributed by atoms with E-state index < -0.39 is 10.0 Å². The summed E-state index contributed by atoms with van der Waals surface area (Å²) in [4.78, 5) is 4.92. The van der Waals surface area contributed by atoms with Crippen LogP contribution in [0.1, 0.15) is 32.0 Å². The third-order valence-corrected chi connectivity index (χ3v) is 8.31. The highest BCUT2D eigenvalue weighted by molar-refractivity contribution is 7.89. The number of allylic oxidation sites excluding steroid dienone is 1. The molecule has 0 radical (unpaired) electrons. The number of rotatable bonds is 8. The van der Waals surface area contributed by atoms with E-state index in [4.69, 9.17) is 4.74 Å². The maximum absolute atomic E-state index is 13.4. The van der Waals surface area contributed by atoms with Crippen LogP contribution in [-0.4, -0.2) is 31.5 Å². The number of nitrogens with one attached hydrogen (secondary N) is 2. The molecular weight excluding hydrogens is 496 g/mol. The van der Waals surface area contributed by atoms with Gasteiger partial charge in [-0.1, -0.05) is 61.5 Å². The molecule has 2 N–H and O–H groups in total. The Labute approximate surface area is 224 Å². The van der Waals surface area contributed by atoms with Crippen LogP contribution in [0.15, 0.2) is 95.2 Å². The number of fused-ring (bicyclic) bond motifs is 1. The van der Waals surface area contributed by atoms with Gasteiger partial charge in [0.05, 0.1) is 22.2 Å². The molecule has 1 aliphatic heterocycles. The van der Waals surface area contributed by atoms with E-state index in [0.717, 1.165) is 45.6 Å². The summed E-state index contributed by atoms with van der Waals surface area (Å²) in [7, 11) is -1.93. The first-order valence-electron chi connectivity index (χ1n) is 12.7. The van der Waals surface area contributed by atoms with E-state index in [1.807, 2.05) is 92.6 Å². The maximum Gasteiger partial charge on any atom is 0.262 e. The molecule has 4 aromatic rings. The van der Waals surface area contributed by atoms with Gasteiger partial charge in [0.25, 0.3) is 10.0 Å². The zero-order valence-electron chi connectivity index (χ0n) is 22.0. The molecule has 3 aromatic carbocycles. The van der Waals surface area contributed by atoms with Crippen LogP contribution in [0.25, 0.3) is 22.0 Å². The Balaban J connectivity index is 1.38. The molecule has 1 unspecified atom stereocenters. The molecule has 1 aromatic heterocycles. The first-order valence-corrected chi connectivity index (χ1v) is 14.2. The average Bonchev–Trinajstić information content (AvgIpc) is 3.17. The second kappa shape index (κ2) is 10.5. The van der Waals surface area contributed by atoms with Crippen LogP contribution in [-0.2, 0) is 23.1 Å². The number of para-hydroxylation sites is 1. The van der Waals surface area contributed by atoms with Crippen molar-refractivity contribution >= 4 is 20.9 Å². The quantitative estimate of drug-likeness (QED) is 0.319. The van der Waals surface area contributed by atoms with Gasteiger partial charge in [-0.3, -0.25) is 9.71 Å². The SMILES string of the molecule is CCc1cc(OCc2ccc(-c3ccccc3S(=O)(=O)NC3=C(C)N(C)NC3C)cc2)c2ccccc2n1. The molecule has 0 saturated carbocycles. The molecule has 2 heterocycles. The van der Waals surface area contributed by atoms with Gasteiger partial charge >= 0.3 is 0 Å². The summed E-state index contributed by atoms with van der Waals surface area (Å²) in [6, 6.07) is 24.7. The van der Waals surface area contributed by atoms with Crippen molar-refractivity contribution in [2.45, 2.75) is 44.7 Å². The Hall–Kier alpha value is -3.88. The lowest BCUT2D eigenvalue weighted by atomic mass is 10.0. The van der Waals surface area contributed by atoms with Crippen molar-refractivity contribution in [2.75, 3.05) is 7.05 Å². The Morgan fingerprint density at radius 3 is 2.45 bits per heavy atom. The van der Waals surface area contributed by atoms with E-state index in [0.29, 0.717) is 17.9 Å². The van der Waals surface area contributed by atoms with E-state index in [9.17, 15) is 8.42 Å². The van der Waals surface area contributed by atoms with Gasteiger partial charge < -0.3 is 9.75 Å². The van der Waals surface area contributed by atoms with E-state index in [1.165, 1.54) is 0 Å². The number of benzene rings is 3. The first-order chi connectivity index (χ1) is 18.3. The van der Waals surface area contributed by atoms with Crippen LogP contribution in [0, 0.1) is 0 Å². The number of hydrazine groups is 1. The molecule has 8 heteroatoms. The molecule has 0 aliphatic carbocycles. The zero-order chi connectivity index (χ0) is 26.9. The van der Waals surface area contributed by atoms with Crippen molar-refractivity contribution in [1.82, 2.24) is 20.1 Å². The lowest BCUT2D eigenvalue weighted by Gasteiger charge is -2.16. The van der Waals surface area contributed by atoms with Crippen molar-refractivity contribution in [3.05, 3.63) is 102 Å². The topological polar surface area (TPSA) is 83.6 Å². The van der Waals surface area contributed by atoms with Crippen LogP contribution in [0.4, 0.5) is 0 Å². The Morgan fingerprint density at radius 2 is 1.74 bits per heavy atom. The summed E-state index contributed by atoms with van der Waals surface area (Å²) in [6.07, 6.45) is 0.829. The Kier molecular flexibility index (Phi) is 7.10. The smallest absolute Gasteiger partial charge is 0.262 e. The summed E-state index contributed by atoms with van der Waals surface area (Å²) in [5.74, 6) is 0.810. The summed E-state index contributed by atoms with van der Waals surface area (Å²) in [6.45, 7) is 6.29. The molecule has 1 aliphatic rings. The highest BCUT2D eigenvalue weighted by Gasteiger charge is 2.28. The number of ether oxygens (including phenoxy) is 1. The predicted molar refractivity (Wildman–Crippen MR) is 151 cm³/mol. The molecular formula is C30H32N4O3S. The standard InChI is InChI=1S/C30H32N4O3S/c1-5-24-18-28(26-11-6-8-12-27(26)31-24)37-19-22-14-16-23(17-15-22)25-10-7-9-13-29(25)38(35,36)33-30-20(2)32-34(4)21(30)3/h6-18,20,32-33H,5,19H2,1-4H3. The van der Waals surface area contributed by atoms with Crippen molar-refractivity contribution in [2.24, 2.45) is 0 Å². The number of hydrogen-bond donors (Lipinski definition) is 2. The van der Waals surface area contributed by atoms with Gasteiger partial charge in [0.2, 0.25) is 0 Å². The molecule has 0 fully saturated rings. The zero-order valence-corrected chi connectivity index (χ0v) is 22.8. The maximum atomic E-state index is 13.4. The van der Waals surface area contributed by atoms with Crippen LogP contribution < -0.4 is 14.9 Å². The third-order valence-electron chi connectivity index (χ3n) is 6.89. The van der Waals surface area contributed by atoms with Crippen molar-refractivity contribution < 1.29 is 13.2 Å². The van der Waals surface area contributed by atoms with Crippen molar-refractivity contribution in [3.63, 3.8) is 0 Å². The first kappa shape index (κ1) is 25.8. The summed E-state index contributed by atoms with van der Waals surface area (Å²) in [5.41, 5.74) is 9.04. The van der Waals surface area contributed by atoms with Crippen molar-refractivity contribution in [3.8, 4) is 16.9 Å². The number of sulfonamides is 1. The number of nitrogens with zero attached hydrogens (tertiary/aromatic N) is 2. The second-order valence-electron chi connectivity index (χ2n) is 9.48. The van der Waals surface area contributed by atoms with Gasteiger partial charge in [0.15, 0.2) is 0 Å². The van der Waals surface area contributed by atoms with Crippen LogP contribution in [0.5, 0.6) is 5.75 Å². The minimum atomic E-state index is -3.80. The van der Waals surface area contributed by atoms with Gasteiger partial charge in [-0.05, 0) is 49.6 Å². The molecule has 0 amide bonds. The van der Waals surface area contributed by atoms with Crippen LogP contribution in [0.2, 0.25) is 0 Å². The fourth-order valence-electron chi connectivity index (χ4n) is 4.69. The monoisotopic (exact) mass is 528 g/mol. The normalized spacial score (nSPS) is 15.8. The van der Waals surface area contributed by atoms with E-state index >= 15 is 0 Å². The Morgan fingerprint density at radius 1 is 1.03 bits per heavy atom. The number of pyridine rings is 1. The molecule has 0 bridgehead atoms. The molecule has 1 atom stereocenters. The molecule has 7 nitrogen and oxygen atoms in total. The summed E-state index contributed by atoms with van der Waals surface area (Å²) < 4.78 is 35.9. The lowest BCUT2D eigenvalue weighted by molar-refractivity contribution is 0.309. The summed E-state index contributed by atoms with van der Waals surface area (Å²) in [5, 5.41) is 2.81. The van der Waals surface area contributed by atoms with E-state index in [-0.39, 0.29) is 10.9 Å². The molecule has 38 heavy (non-hydrogen) atoms. The minimum absolute atomic E-state index is 0.132. The highest BCUT2D eigenvalue weighted by Crippen LogP contribution is 2.30. The Bertz CT molecular complexity index is 1610. The molecule has 0 spiro atoms. The summed E-state index contributed by atoms with van der Waals surface area (Å²) >= 11 is 0. The van der Waals surface area contributed by atoms with Crippen molar-refractivity contribution in [1.29, 1.82) is 0 Å². The minimum Gasteiger partial charge on any atom is -0.488 e. The number of aryl methyl sites for hydroxylation is 1. The largest absolute Gasteiger partial charge is 0.488 e. The van der Waals surface area contributed by atoms with Crippen LogP contribution >= 0.6 is 0 Å². The van der Waals surface area contributed by atoms with E-state index in [1.54, 1.807) is 12.1 Å². The fourth-order valence-corrected chi connectivity index (χ4v) is 6.14. The van der Waals surface area contributed by atoms with Gasteiger partial charge in [-0.15, -0.1) is 0 Å². The molecule has 0 saturated heterocycles. The van der Waals surface area contributed by atoms with Gasteiger partial charge in [-0.25, -0.2) is 13.8 Å². The average molecular weight is 529 g/mol. The number of aromatic nitrogens is 1. The van der Waals surface area contributed by atoms with Crippen LogP contribution in [0.3, 0.4) is 0 Å². The van der Waals surface area contributed by atoms with Gasteiger partial charge in [0, 0.05) is 35.5 Å². The molecule has 5 rings (SSSR count). The molecule has 196 valence electrons. The fraction of sp³-hybridized carbons (Fsp3) is 0.233. The van der Waals surface area contributed by atoms with Gasteiger partial charge in [-0.2, -0.15) is 0 Å². The third kappa shape index (κ3) is 5.10. The highest BCUT2D eigenvalue weighted by atomic mass is 32.2. The lowest BCUT2D eigenvalue weighted by Crippen LogP contribution is -2.35. The predicted octanol–water partition coefficient (Wildman–Crippen LogP) is 5.39. The van der Waals surface area contributed by atoms with E-state index in [2.05, 4.69) is 22.1 Å². The number of hydrogen-bond acceptors (Lipinski definition) is 6. The second-order valence-corrected chi connectivity index (χ2v) is 11.1. The van der Waals surface area contributed by atoms with Gasteiger partial charge in [0.1, 0.15) is 12.4 Å².